The van der Waals surface area contributed by atoms with Crippen LogP contribution in [0.25, 0.3) is 0 Å². The number of carbonyl (C=O) groups is 1. The van der Waals surface area contributed by atoms with Gasteiger partial charge in [-0.3, -0.25) is 4.79 Å². The summed E-state index contributed by atoms with van der Waals surface area (Å²) in [7, 11) is -3.15. The van der Waals surface area contributed by atoms with Crippen molar-refractivity contribution < 1.29 is 23.1 Å². The Labute approximate surface area is 130 Å². The van der Waals surface area contributed by atoms with Crippen LogP contribution in [-0.4, -0.2) is 37.5 Å². The monoisotopic (exact) mass is 327 g/mol. The maximum absolute atomic E-state index is 12.1. The Hall–Kier alpha value is -1.44. The van der Waals surface area contributed by atoms with E-state index >= 15 is 0 Å². The van der Waals surface area contributed by atoms with Crippen LogP contribution in [0.4, 0.5) is 0 Å². The number of ether oxygens (including phenoxy) is 1. The maximum atomic E-state index is 12.1. The first-order chi connectivity index (χ1) is 10.4. The standard InChI is InChI=1S/C15H21NO5S/c16-7-6-14(17)11-3-1-5-13(9-11)21-15(18)12-4-2-8-22(19,20)10-12/h1,3,5,9,12,14,17H,2,4,6-8,10,16H2/t12?,14-/m1/s1. The van der Waals surface area contributed by atoms with Crippen LogP contribution in [0.15, 0.2) is 24.3 Å². The van der Waals surface area contributed by atoms with E-state index in [-0.39, 0.29) is 11.5 Å². The molecule has 7 heteroatoms. The highest BCUT2D eigenvalue weighted by Gasteiger charge is 2.31. The first kappa shape index (κ1) is 16.9. The quantitative estimate of drug-likeness (QED) is 0.612. The van der Waals surface area contributed by atoms with Crippen molar-refractivity contribution >= 4 is 15.8 Å². The summed E-state index contributed by atoms with van der Waals surface area (Å²) in [5.74, 6) is -0.856. The average molecular weight is 327 g/mol. The van der Waals surface area contributed by atoms with Crippen molar-refractivity contribution in [1.82, 2.24) is 0 Å². The summed E-state index contributed by atoms with van der Waals surface area (Å²) < 4.78 is 28.4. The second-order valence-corrected chi connectivity index (χ2v) is 7.77. The molecule has 1 aromatic carbocycles. The molecule has 0 saturated carbocycles. The molecule has 0 aromatic heterocycles. The van der Waals surface area contributed by atoms with Crippen LogP contribution in [0, 0.1) is 5.92 Å². The van der Waals surface area contributed by atoms with Crippen LogP contribution >= 0.6 is 0 Å². The summed E-state index contributed by atoms with van der Waals surface area (Å²) in [5, 5.41) is 9.90. The number of hydrogen-bond donors (Lipinski definition) is 2. The first-order valence-electron chi connectivity index (χ1n) is 7.31. The Morgan fingerprint density at radius 1 is 1.45 bits per heavy atom. The molecule has 1 heterocycles. The zero-order chi connectivity index (χ0) is 16.2. The van der Waals surface area contributed by atoms with Gasteiger partial charge < -0.3 is 15.6 Å². The SMILES string of the molecule is NCC[C@@H](O)c1cccc(OC(=O)C2CCCS(=O)(=O)C2)c1. The molecular formula is C15H21NO5S. The molecule has 6 nitrogen and oxygen atoms in total. The molecule has 0 amide bonds. The van der Waals surface area contributed by atoms with Crippen molar-refractivity contribution in [3.63, 3.8) is 0 Å². The zero-order valence-electron chi connectivity index (χ0n) is 12.3. The van der Waals surface area contributed by atoms with E-state index in [1.54, 1.807) is 24.3 Å². The van der Waals surface area contributed by atoms with Crippen molar-refractivity contribution in [2.45, 2.75) is 25.4 Å². The molecule has 1 saturated heterocycles. The van der Waals surface area contributed by atoms with Gasteiger partial charge in [0, 0.05) is 0 Å². The Morgan fingerprint density at radius 3 is 2.91 bits per heavy atom. The Morgan fingerprint density at radius 2 is 2.23 bits per heavy atom. The molecule has 3 N–H and O–H groups in total. The summed E-state index contributed by atoms with van der Waals surface area (Å²) >= 11 is 0. The number of rotatable bonds is 5. The van der Waals surface area contributed by atoms with Crippen LogP contribution in [0.2, 0.25) is 0 Å². The smallest absolute Gasteiger partial charge is 0.315 e. The van der Waals surface area contributed by atoms with Gasteiger partial charge in [0.15, 0.2) is 9.84 Å². The van der Waals surface area contributed by atoms with E-state index in [4.69, 9.17) is 10.5 Å². The third kappa shape index (κ3) is 4.53. The summed E-state index contributed by atoms with van der Waals surface area (Å²) in [6.07, 6.45) is 0.710. The highest BCUT2D eigenvalue weighted by molar-refractivity contribution is 7.91. The molecule has 0 bridgehead atoms. The van der Waals surface area contributed by atoms with Crippen molar-refractivity contribution in [2.75, 3.05) is 18.1 Å². The van der Waals surface area contributed by atoms with Crippen molar-refractivity contribution in [3.8, 4) is 5.75 Å². The molecule has 0 radical (unpaired) electrons. The molecule has 2 rings (SSSR count). The third-order valence-electron chi connectivity index (χ3n) is 3.70. The molecule has 122 valence electrons. The summed E-state index contributed by atoms with van der Waals surface area (Å²) in [5.41, 5.74) is 6.02. The van der Waals surface area contributed by atoms with Gasteiger partial charge in [-0.2, -0.15) is 0 Å². The van der Waals surface area contributed by atoms with Gasteiger partial charge in [0.05, 0.1) is 23.5 Å². The van der Waals surface area contributed by atoms with Gasteiger partial charge in [-0.15, -0.1) is 0 Å². The van der Waals surface area contributed by atoms with Crippen LogP contribution in [-0.2, 0) is 14.6 Å². The second-order valence-electron chi connectivity index (χ2n) is 5.54. The molecular weight excluding hydrogens is 306 g/mol. The molecule has 1 aromatic rings. The molecule has 1 aliphatic heterocycles. The largest absolute Gasteiger partial charge is 0.426 e. The number of carbonyl (C=O) groups excluding carboxylic acids is 1. The molecule has 0 aliphatic carbocycles. The van der Waals surface area contributed by atoms with Gasteiger partial charge in [0.1, 0.15) is 5.75 Å². The lowest BCUT2D eigenvalue weighted by atomic mass is 10.1. The lowest BCUT2D eigenvalue weighted by Crippen LogP contribution is -2.33. The minimum absolute atomic E-state index is 0.136. The number of nitrogens with two attached hydrogens (primary N) is 1. The topological polar surface area (TPSA) is 107 Å². The van der Waals surface area contributed by atoms with Crippen LogP contribution in [0.5, 0.6) is 5.75 Å². The highest BCUT2D eigenvalue weighted by atomic mass is 32.2. The number of sulfone groups is 1. The van der Waals surface area contributed by atoms with Crippen LogP contribution < -0.4 is 10.5 Å². The molecule has 1 fully saturated rings. The van der Waals surface area contributed by atoms with Crippen LogP contribution in [0.1, 0.15) is 30.9 Å². The van der Waals surface area contributed by atoms with Crippen molar-refractivity contribution in [3.05, 3.63) is 29.8 Å². The second kappa shape index (κ2) is 7.21. The summed E-state index contributed by atoms with van der Waals surface area (Å²) in [6, 6.07) is 6.58. The van der Waals surface area contributed by atoms with Crippen LogP contribution in [0.3, 0.4) is 0 Å². The van der Waals surface area contributed by atoms with Gasteiger partial charge >= 0.3 is 5.97 Å². The lowest BCUT2D eigenvalue weighted by molar-refractivity contribution is -0.138. The third-order valence-corrected chi connectivity index (χ3v) is 5.52. The van der Waals surface area contributed by atoms with E-state index in [1.165, 1.54) is 0 Å². The molecule has 1 aliphatic rings. The van der Waals surface area contributed by atoms with Gasteiger partial charge in [-0.05, 0) is 43.5 Å². The predicted octanol–water partition coefficient (Wildman–Crippen LogP) is 0.799. The Kier molecular flexibility index (Phi) is 5.55. The van der Waals surface area contributed by atoms with E-state index in [0.29, 0.717) is 37.1 Å². The van der Waals surface area contributed by atoms with E-state index in [9.17, 15) is 18.3 Å². The fourth-order valence-electron chi connectivity index (χ4n) is 2.52. The summed E-state index contributed by atoms with van der Waals surface area (Å²) in [4.78, 5) is 12.1. The highest BCUT2D eigenvalue weighted by Crippen LogP contribution is 2.24. The average Bonchev–Trinajstić information content (AvgIpc) is 2.46. The number of esters is 1. The molecule has 2 atom stereocenters. The first-order valence-corrected chi connectivity index (χ1v) is 9.13. The number of aliphatic hydroxyl groups is 1. The Balaban J connectivity index is 2.04. The normalized spacial score (nSPS) is 22.0. The number of aliphatic hydroxyl groups excluding tert-OH is 1. The summed E-state index contributed by atoms with van der Waals surface area (Å²) in [6.45, 7) is 0.352. The molecule has 1 unspecified atom stereocenters. The zero-order valence-corrected chi connectivity index (χ0v) is 13.1. The van der Waals surface area contributed by atoms with Crippen molar-refractivity contribution in [2.24, 2.45) is 11.7 Å². The van der Waals surface area contributed by atoms with Crippen molar-refractivity contribution in [1.29, 1.82) is 0 Å². The number of hydrogen-bond acceptors (Lipinski definition) is 6. The minimum atomic E-state index is -3.15. The maximum Gasteiger partial charge on any atom is 0.315 e. The predicted molar refractivity (Wildman–Crippen MR) is 82.1 cm³/mol. The number of benzene rings is 1. The fraction of sp³-hybridized carbons (Fsp3) is 0.533. The van der Waals surface area contributed by atoms with Gasteiger partial charge in [0.25, 0.3) is 0 Å². The van der Waals surface area contributed by atoms with Gasteiger partial charge in [-0.25, -0.2) is 8.42 Å². The fourth-order valence-corrected chi connectivity index (χ4v) is 4.21. The van der Waals surface area contributed by atoms with E-state index < -0.39 is 27.8 Å². The van der Waals surface area contributed by atoms with E-state index in [0.717, 1.165) is 0 Å². The van der Waals surface area contributed by atoms with Gasteiger partial charge in [0.2, 0.25) is 0 Å². The Bertz CT molecular complexity index is 629. The van der Waals surface area contributed by atoms with Gasteiger partial charge in [-0.1, -0.05) is 12.1 Å². The molecule has 22 heavy (non-hydrogen) atoms. The lowest BCUT2D eigenvalue weighted by Gasteiger charge is -2.20. The minimum Gasteiger partial charge on any atom is -0.426 e. The molecule has 0 spiro atoms. The van der Waals surface area contributed by atoms with E-state index in [2.05, 4.69) is 0 Å². The van der Waals surface area contributed by atoms with E-state index in [1.807, 2.05) is 0 Å².